The van der Waals surface area contributed by atoms with Gasteiger partial charge in [-0.3, -0.25) is 4.79 Å². The summed E-state index contributed by atoms with van der Waals surface area (Å²) in [4.78, 5) is 12.6. The van der Waals surface area contributed by atoms with Crippen molar-refractivity contribution < 1.29 is 9.53 Å². The number of carbonyl (C=O) groups excluding carboxylic acids is 1. The van der Waals surface area contributed by atoms with Crippen molar-refractivity contribution in [3.05, 3.63) is 57.1 Å². The first kappa shape index (κ1) is 14.6. The van der Waals surface area contributed by atoms with Crippen LogP contribution >= 0.6 is 15.9 Å². The molecule has 0 aliphatic heterocycles. The van der Waals surface area contributed by atoms with E-state index in [-0.39, 0.29) is 5.78 Å². The van der Waals surface area contributed by atoms with Gasteiger partial charge in [0.05, 0.1) is 7.11 Å². The number of hydrogen-bond donors (Lipinski definition) is 1. The summed E-state index contributed by atoms with van der Waals surface area (Å²) in [7, 11) is 1.62. The van der Waals surface area contributed by atoms with E-state index in [4.69, 9.17) is 10.5 Å². The van der Waals surface area contributed by atoms with Crippen molar-refractivity contribution in [2.75, 3.05) is 12.8 Å². The van der Waals surface area contributed by atoms with Gasteiger partial charge in [0.1, 0.15) is 5.75 Å². The maximum atomic E-state index is 12.6. The fourth-order valence-corrected chi connectivity index (χ4v) is 2.52. The first-order valence-electron chi connectivity index (χ1n) is 6.19. The SMILES string of the molecule is COc1cc(C)c(C(=O)c2ccc(Br)cc2N)cc1C. The lowest BCUT2D eigenvalue weighted by atomic mass is 9.96. The van der Waals surface area contributed by atoms with Crippen LogP contribution in [0.1, 0.15) is 27.0 Å². The molecule has 0 spiro atoms. The first-order valence-corrected chi connectivity index (χ1v) is 6.98. The number of methoxy groups -OCH3 is 1. The van der Waals surface area contributed by atoms with Crippen molar-refractivity contribution in [2.24, 2.45) is 0 Å². The number of ether oxygens (including phenoxy) is 1. The third-order valence-corrected chi connectivity index (χ3v) is 3.74. The lowest BCUT2D eigenvalue weighted by molar-refractivity contribution is 0.103. The number of rotatable bonds is 3. The van der Waals surface area contributed by atoms with Crippen LogP contribution in [-0.2, 0) is 0 Å². The highest BCUT2D eigenvalue weighted by molar-refractivity contribution is 9.10. The van der Waals surface area contributed by atoms with E-state index in [0.717, 1.165) is 21.3 Å². The maximum Gasteiger partial charge on any atom is 0.195 e. The summed E-state index contributed by atoms with van der Waals surface area (Å²) in [6, 6.07) is 9.00. The van der Waals surface area contributed by atoms with Gasteiger partial charge in [0.15, 0.2) is 5.78 Å². The molecule has 0 atom stereocenters. The minimum Gasteiger partial charge on any atom is -0.496 e. The quantitative estimate of drug-likeness (QED) is 0.684. The smallest absolute Gasteiger partial charge is 0.195 e. The van der Waals surface area contributed by atoms with Gasteiger partial charge in [-0.05, 0) is 55.3 Å². The van der Waals surface area contributed by atoms with Gasteiger partial charge in [-0.1, -0.05) is 15.9 Å². The number of hydrogen-bond acceptors (Lipinski definition) is 3. The lowest BCUT2D eigenvalue weighted by Crippen LogP contribution is -2.08. The fourth-order valence-electron chi connectivity index (χ4n) is 2.14. The Hall–Kier alpha value is -1.81. The number of halogens is 1. The molecule has 3 nitrogen and oxygen atoms in total. The molecule has 2 aromatic rings. The summed E-state index contributed by atoms with van der Waals surface area (Å²) in [5.74, 6) is 0.709. The van der Waals surface area contributed by atoms with Crippen molar-refractivity contribution in [1.82, 2.24) is 0 Å². The summed E-state index contributed by atoms with van der Waals surface area (Å²) in [6.07, 6.45) is 0. The minimum atomic E-state index is -0.0711. The Morgan fingerprint density at radius 1 is 1.10 bits per heavy atom. The molecule has 0 fully saturated rings. The summed E-state index contributed by atoms with van der Waals surface area (Å²) in [5, 5.41) is 0. The average Bonchev–Trinajstić information content (AvgIpc) is 2.40. The first-order chi connectivity index (χ1) is 9.43. The average molecular weight is 334 g/mol. The third-order valence-electron chi connectivity index (χ3n) is 3.24. The van der Waals surface area contributed by atoms with Crippen LogP contribution in [0.2, 0.25) is 0 Å². The molecule has 2 rings (SSSR count). The molecule has 0 radical (unpaired) electrons. The number of aryl methyl sites for hydroxylation is 2. The summed E-state index contributed by atoms with van der Waals surface area (Å²) >= 11 is 3.34. The topological polar surface area (TPSA) is 52.3 Å². The van der Waals surface area contributed by atoms with Crippen molar-refractivity contribution in [2.45, 2.75) is 13.8 Å². The Morgan fingerprint density at radius 3 is 2.40 bits per heavy atom. The number of nitrogens with two attached hydrogens (primary N) is 1. The summed E-state index contributed by atoms with van der Waals surface area (Å²) < 4.78 is 6.12. The monoisotopic (exact) mass is 333 g/mol. The zero-order valence-electron chi connectivity index (χ0n) is 11.7. The number of carbonyl (C=O) groups is 1. The van der Waals surface area contributed by atoms with Crippen LogP contribution in [0.5, 0.6) is 5.75 Å². The number of ketones is 1. The molecular weight excluding hydrogens is 318 g/mol. The normalized spacial score (nSPS) is 10.4. The number of benzene rings is 2. The van der Waals surface area contributed by atoms with Gasteiger partial charge in [0, 0.05) is 21.3 Å². The van der Waals surface area contributed by atoms with E-state index in [1.807, 2.05) is 32.0 Å². The standard InChI is InChI=1S/C16H16BrNO2/c1-9-7-15(20-3)10(2)6-13(9)16(19)12-5-4-11(17)8-14(12)18/h4-8H,18H2,1-3H3. The van der Waals surface area contributed by atoms with Gasteiger partial charge >= 0.3 is 0 Å². The maximum absolute atomic E-state index is 12.6. The van der Waals surface area contributed by atoms with E-state index in [1.54, 1.807) is 19.2 Å². The molecule has 0 unspecified atom stereocenters. The van der Waals surface area contributed by atoms with Gasteiger partial charge in [-0.2, -0.15) is 0 Å². The van der Waals surface area contributed by atoms with Crippen molar-refractivity contribution in [3.8, 4) is 5.75 Å². The third kappa shape index (κ3) is 2.70. The largest absolute Gasteiger partial charge is 0.496 e. The van der Waals surface area contributed by atoms with E-state index < -0.39 is 0 Å². The second-order valence-electron chi connectivity index (χ2n) is 4.70. The highest BCUT2D eigenvalue weighted by Crippen LogP contribution is 2.27. The molecule has 20 heavy (non-hydrogen) atoms. The molecule has 0 bridgehead atoms. The predicted octanol–water partition coefficient (Wildman–Crippen LogP) is 3.89. The Kier molecular flexibility index (Phi) is 4.14. The second-order valence-corrected chi connectivity index (χ2v) is 5.61. The molecule has 0 aliphatic carbocycles. The van der Waals surface area contributed by atoms with Crippen LogP contribution in [0, 0.1) is 13.8 Å². The molecule has 0 aliphatic rings. The van der Waals surface area contributed by atoms with Crippen LogP contribution in [0.3, 0.4) is 0 Å². The Labute approximate surface area is 126 Å². The molecule has 0 aromatic heterocycles. The Morgan fingerprint density at radius 2 is 1.80 bits per heavy atom. The minimum absolute atomic E-state index is 0.0711. The van der Waals surface area contributed by atoms with Crippen molar-refractivity contribution in [1.29, 1.82) is 0 Å². The highest BCUT2D eigenvalue weighted by atomic mass is 79.9. The van der Waals surface area contributed by atoms with Crippen LogP contribution in [-0.4, -0.2) is 12.9 Å². The van der Waals surface area contributed by atoms with Crippen molar-refractivity contribution in [3.63, 3.8) is 0 Å². The molecule has 2 N–H and O–H groups in total. The lowest BCUT2D eigenvalue weighted by Gasteiger charge is -2.12. The molecular formula is C16H16BrNO2. The molecule has 0 saturated heterocycles. The van der Waals surface area contributed by atoms with Crippen LogP contribution in [0.15, 0.2) is 34.8 Å². The molecule has 2 aromatic carbocycles. The van der Waals surface area contributed by atoms with Gasteiger partial charge < -0.3 is 10.5 Å². The Bertz CT molecular complexity index is 680. The summed E-state index contributed by atoms with van der Waals surface area (Å²) in [5.41, 5.74) is 9.37. The zero-order valence-corrected chi connectivity index (χ0v) is 13.2. The van der Waals surface area contributed by atoms with Gasteiger partial charge in [-0.15, -0.1) is 0 Å². The summed E-state index contributed by atoms with van der Waals surface area (Å²) in [6.45, 7) is 3.81. The fraction of sp³-hybridized carbons (Fsp3) is 0.188. The van der Waals surface area contributed by atoms with E-state index in [1.165, 1.54) is 0 Å². The van der Waals surface area contributed by atoms with Gasteiger partial charge in [0.2, 0.25) is 0 Å². The highest BCUT2D eigenvalue weighted by Gasteiger charge is 2.16. The molecule has 0 amide bonds. The number of anilines is 1. The van der Waals surface area contributed by atoms with E-state index >= 15 is 0 Å². The molecule has 0 saturated carbocycles. The molecule has 104 valence electrons. The van der Waals surface area contributed by atoms with E-state index in [2.05, 4.69) is 15.9 Å². The van der Waals surface area contributed by atoms with Gasteiger partial charge in [-0.25, -0.2) is 0 Å². The zero-order chi connectivity index (χ0) is 14.9. The van der Waals surface area contributed by atoms with Crippen molar-refractivity contribution >= 4 is 27.4 Å². The predicted molar refractivity (Wildman–Crippen MR) is 84.5 cm³/mol. The van der Waals surface area contributed by atoms with Crippen LogP contribution < -0.4 is 10.5 Å². The molecule has 0 heterocycles. The van der Waals surface area contributed by atoms with E-state index in [9.17, 15) is 4.79 Å². The number of nitrogen functional groups attached to an aromatic ring is 1. The van der Waals surface area contributed by atoms with E-state index in [0.29, 0.717) is 16.8 Å². The Balaban J connectivity index is 2.51. The molecule has 4 heteroatoms. The van der Waals surface area contributed by atoms with Gasteiger partial charge in [0.25, 0.3) is 0 Å². The van der Waals surface area contributed by atoms with Crippen LogP contribution in [0.25, 0.3) is 0 Å². The van der Waals surface area contributed by atoms with Crippen LogP contribution in [0.4, 0.5) is 5.69 Å². The second kappa shape index (κ2) is 5.67.